The van der Waals surface area contributed by atoms with Crippen LogP contribution in [0.1, 0.15) is 0 Å². The Balaban J connectivity index is 2.00. The molecule has 0 fully saturated rings. The zero-order valence-electron chi connectivity index (χ0n) is 14.5. The summed E-state index contributed by atoms with van der Waals surface area (Å²) in [5, 5.41) is 0. The van der Waals surface area contributed by atoms with Gasteiger partial charge in [-0.05, 0) is 48.5 Å². The number of rotatable bonds is 5. The molecule has 0 saturated heterocycles. The summed E-state index contributed by atoms with van der Waals surface area (Å²) >= 11 is 0. The van der Waals surface area contributed by atoms with Crippen LogP contribution in [0, 0.1) is 0 Å². The molecule has 0 aliphatic carbocycles. The maximum atomic E-state index is 12.6. The summed E-state index contributed by atoms with van der Waals surface area (Å²) in [5.41, 5.74) is 0. The average molecular weight is 431 g/mol. The van der Waals surface area contributed by atoms with E-state index in [2.05, 4.69) is 9.47 Å². The Labute approximate surface area is 165 Å². The molecule has 3 aromatic rings. The first kappa shape index (κ1) is 20.9. The highest BCUT2D eigenvalue weighted by atomic mass is 32.2. The van der Waals surface area contributed by atoms with Crippen LogP contribution in [-0.2, 0) is 10.9 Å². The molecule has 9 heteroatoms. The van der Waals surface area contributed by atoms with Crippen molar-refractivity contribution >= 4 is 10.9 Å². The Morgan fingerprint density at radius 1 is 0.517 bits per heavy atom. The largest absolute Gasteiger partial charge is 0.573 e. The topological polar surface area (TPSA) is 18.5 Å². The van der Waals surface area contributed by atoms with E-state index >= 15 is 0 Å². The summed E-state index contributed by atoms with van der Waals surface area (Å²) in [6, 6.07) is 19.7. The van der Waals surface area contributed by atoms with E-state index in [0.717, 1.165) is 4.90 Å². The van der Waals surface area contributed by atoms with Gasteiger partial charge in [-0.15, -0.1) is 26.3 Å². The average Bonchev–Trinajstić information content (AvgIpc) is 2.62. The lowest BCUT2D eigenvalue weighted by molar-refractivity contribution is -0.275. The zero-order chi connectivity index (χ0) is 21.1. The lowest BCUT2D eigenvalue weighted by Crippen LogP contribution is -2.17. The summed E-state index contributed by atoms with van der Waals surface area (Å²) < 4.78 is 82.8. The van der Waals surface area contributed by atoms with Gasteiger partial charge in [0.25, 0.3) is 0 Å². The summed E-state index contributed by atoms with van der Waals surface area (Å²) in [5.74, 6) is -0.757. The molecule has 0 N–H and O–H groups in total. The highest BCUT2D eigenvalue weighted by Crippen LogP contribution is 2.35. The fourth-order valence-electron chi connectivity index (χ4n) is 2.54. The van der Waals surface area contributed by atoms with E-state index in [1.807, 2.05) is 0 Å². The minimum absolute atomic E-state index is 0.375. The number of halogens is 6. The number of hydrogen-bond donors (Lipinski definition) is 0. The van der Waals surface area contributed by atoms with E-state index in [1.165, 1.54) is 42.5 Å². The molecule has 0 heterocycles. The number of ether oxygens (including phenoxy) is 2. The van der Waals surface area contributed by atoms with E-state index in [1.54, 1.807) is 36.4 Å². The molecular formula is C20H13F6O2S+. The lowest BCUT2D eigenvalue weighted by Gasteiger charge is -2.12. The molecule has 0 aliphatic rings. The van der Waals surface area contributed by atoms with Crippen LogP contribution in [0.4, 0.5) is 26.3 Å². The normalized spacial score (nSPS) is 13.0. The zero-order valence-corrected chi connectivity index (χ0v) is 15.3. The Bertz CT molecular complexity index is 940. The molecule has 0 aliphatic heterocycles. The van der Waals surface area contributed by atoms with Gasteiger partial charge in [-0.2, -0.15) is 0 Å². The molecule has 0 radical (unpaired) electrons. The number of alkyl halides is 6. The maximum Gasteiger partial charge on any atom is 0.573 e. The third-order valence-electron chi connectivity index (χ3n) is 3.55. The monoisotopic (exact) mass is 431 g/mol. The predicted octanol–water partition coefficient (Wildman–Crippen LogP) is 6.58. The van der Waals surface area contributed by atoms with Crippen LogP contribution < -0.4 is 9.47 Å². The number of hydrogen-bond acceptors (Lipinski definition) is 2. The van der Waals surface area contributed by atoms with Gasteiger partial charge in [0.05, 0.1) is 10.9 Å². The first-order valence-corrected chi connectivity index (χ1v) is 9.34. The van der Waals surface area contributed by atoms with Crippen LogP contribution >= 0.6 is 0 Å². The molecule has 0 bridgehead atoms. The molecule has 3 aromatic carbocycles. The Hall–Kier alpha value is -2.81. The molecule has 0 saturated carbocycles. The lowest BCUT2D eigenvalue weighted by atomic mass is 10.3. The number of benzene rings is 3. The molecule has 0 amide bonds. The summed E-state index contributed by atoms with van der Waals surface area (Å²) in [6.07, 6.45) is -9.65. The highest BCUT2D eigenvalue weighted by molar-refractivity contribution is 7.97. The minimum Gasteiger partial charge on any atom is -0.406 e. The van der Waals surface area contributed by atoms with Crippen molar-refractivity contribution in [1.82, 2.24) is 0 Å². The standard InChI is InChI=1S/C20H13F6O2S/c21-19(22,23)27-14-9-11-17(12-10-14)29(16-6-2-1-3-7-16)18-8-4-5-15(13-18)28-20(24,25)26/h1-13H/q+1. The van der Waals surface area contributed by atoms with E-state index < -0.39 is 23.6 Å². The fourth-order valence-corrected chi connectivity index (χ4v) is 4.64. The highest BCUT2D eigenvalue weighted by Gasteiger charge is 2.34. The van der Waals surface area contributed by atoms with Crippen molar-refractivity contribution in [2.75, 3.05) is 0 Å². The van der Waals surface area contributed by atoms with E-state index in [0.29, 0.717) is 9.79 Å². The first-order valence-electron chi connectivity index (χ1n) is 8.12. The molecular weight excluding hydrogens is 418 g/mol. The van der Waals surface area contributed by atoms with E-state index in [9.17, 15) is 26.3 Å². The maximum absolute atomic E-state index is 12.6. The molecule has 0 aromatic heterocycles. The van der Waals surface area contributed by atoms with Crippen molar-refractivity contribution in [1.29, 1.82) is 0 Å². The van der Waals surface area contributed by atoms with Crippen molar-refractivity contribution in [3.8, 4) is 11.5 Å². The second-order valence-electron chi connectivity index (χ2n) is 5.66. The van der Waals surface area contributed by atoms with Crippen LogP contribution in [0.15, 0.2) is 93.5 Å². The first-order chi connectivity index (χ1) is 13.6. The van der Waals surface area contributed by atoms with E-state index in [4.69, 9.17) is 0 Å². The molecule has 0 spiro atoms. The Morgan fingerprint density at radius 3 is 1.62 bits per heavy atom. The molecule has 1 unspecified atom stereocenters. The van der Waals surface area contributed by atoms with Gasteiger partial charge in [0.2, 0.25) is 0 Å². The molecule has 3 rings (SSSR count). The van der Waals surface area contributed by atoms with Gasteiger partial charge in [0, 0.05) is 6.07 Å². The summed E-state index contributed by atoms with van der Waals surface area (Å²) in [4.78, 5) is 1.90. The quantitative estimate of drug-likeness (QED) is 0.336. The molecule has 1 atom stereocenters. The van der Waals surface area contributed by atoms with Crippen molar-refractivity contribution in [3.05, 3.63) is 78.9 Å². The smallest absolute Gasteiger partial charge is 0.406 e. The van der Waals surface area contributed by atoms with Crippen molar-refractivity contribution in [3.63, 3.8) is 0 Å². The third kappa shape index (κ3) is 6.08. The summed E-state index contributed by atoms with van der Waals surface area (Å²) in [7, 11) is -0.869. The van der Waals surface area contributed by atoms with E-state index in [-0.39, 0.29) is 11.5 Å². The molecule has 152 valence electrons. The molecule has 2 nitrogen and oxygen atoms in total. The van der Waals surface area contributed by atoms with Gasteiger partial charge < -0.3 is 9.47 Å². The van der Waals surface area contributed by atoms with Crippen LogP contribution in [-0.4, -0.2) is 12.7 Å². The van der Waals surface area contributed by atoms with Gasteiger partial charge in [-0.3, -0.25) is 0 Å². The van der Waals surface area contributed by atoms with Crippen LogP contribution in [0.2, 0.25) is 0 Å². The van der Waals surface area contributed by atoms with Gasteiger partial charge >= 0.3 is 12.7 Å². The SMILES string of the molecule is FC(F)(F)Oc1ccc([S+](c2ccccc2)c2cccc(OC(F)(F)F)c2)cc1. The second-order valence-corrected chi connectivity index (χ2v) is 7.69. The Morgan fingerprint density at radius 2 is 1.03 bits per heavy atom. The van der Waals surface area contributed by atoms with Crippen LogP contribution in [0.3, 0.4) is 0 Å². The third-order valence-corrected chi connectivity index (χ3v) is 5.76. The Kier molecular flexibility index (Phi) is 5.97. The summed E-state index contributed by atoms with van der Waals surface area (Å²) in [6.45, 7) is 0. The predicted molar refractivity (Wildman–Crippen MR) is 94.9 cm³/mol. The van der Waals surface area contributed by atoms with Crippen molar-refractivity contribution in [2.24, 2.45) is 0 Å². The van der Waals surface area contributed by atoms with Crippen molar-refractivity contribution in [2.45, 2.75) is 27.4 Å². The van der Waals surface area contributed by atoms with Crippen LogP contribution in [0.25, 0.3) is 0 Å². The van der Waals surface area contributed by atoms with Gasteiger partial charge in [0.1, 0.15) is 11.5 Å². The second kappa shape index (κ2) is 8.28. The van der Waals surface area contributed by atoms with Gasteiger partial charge in [-0.25, -0.2) is 0 Å². The van der Waals surface area contributed by atoms with Crippen LogP contribution in [0.5, 0.6) is 11.5 Å². The minimum atomic E-state index is -4.83. The van der Waals surface area contributed by atoms with Gasteiger partial charge in [-0.1, -0.05) is 24.3 Å². The fraction of sp³-hybridized carbons (Fsp3) is 0.100. The van der Waals surface area contributed by atoms with Gasteiger partial charge in [0.15, 0.2) is 14.7 Å². The molecule has 29 heavy (non-hydrogen) atoms. The van der Waals surface area contributed by atoms with Crippen molar-refractivity contribution < 1.29 is 35.8 Å².